The molecule has 0 aromatic heterocycles. The maximum absolute atomic E-state index is 5.19. The second-order valence-corrected chi connectivity index (χ2v) is 3.66. The van der Waals surface area contributed by atoms with Crippen molar-refractivity contribution in [1.82, 2.24) is 4.90 Å². The third-order valence-corrected chi connectivity index (χ3v) is 2.58. The fourth-order valence-electron chi connectivity index (χ4n) is 1.81. The van der Waals surface area contributed by atoms with Crippen LogP contribution in [0.1, 0.15) is 12.0 Å². The van der Waals surface area contributed by atoms with Crippen molar-refractivity contribution in [1.29, 1.82) is 0 Å². The number of likely N-dealkylation sites (tertiary alicyclic amines) is 1. The van der Waals surface area contributed by atoms with Gasteiger partial charge in [0.1, 0.15) is 5.75 Å². The monoisotopic (exact) mass is 190 g/mol. The molecule has 2 nitrogen and oxygen atoms in total. The van der Waals surface area contributed by atoms with Gasteiger partial charge in [-0.2, -0.15) is 0 Å². The number of benzene rings is 1. The van der Waals surface area contributed by atoms with Crippen molar-refractivity contribution in [3.05, 3.63) is 36.2 Å². The molecular weight excluding hydrogens is 174 g/mol. The van der Waals surface area contributed by atoms with Crippen LogP contribution in [0.3, 0.4) is 0 Å². The third-order valence-electron chi connectivity index (χ3n) is 2.58. The topological polar surface area (TPSA) is 12.5 Å². The fourth-order valence-corrected chi connectivity index (χ4v) is 1.81. The molecule has 0 amide bonds. The third kappa shape index (κ3) is 2.26. The van der Waals surface area contributed by atoms with Gasteiger partial charge in [0.25, 0.3) is 0 Å². The fraction of sp³-hybridized carbons (Fsp3) is 0.417. The van der Waals surface area contributed by atoms with Crippen molar-refractivity contribution in [2.24, 2.45) is 0 Å². The van der Waals surface area contributed by atoms with E-state index in [9.17, 15) is 0 Å². The van der Waals surface area contributed by atoms with E-state index in [1.807, 2.05) is 12.1 Å². The predicted molar refractivity (Wildman–Crippen MR) is 57.2 cm³/mol. The average Bonchev–Trinajstić information content (AvgIpc) is 2.71. The minimum Gasteiger partial charge on any atom is -0.497 e. The zero-order valence-electron chi connectivity index (χ0n) is 8.57. The van der Waals surface area contributed by atoms with E-state index in [0.29, 0.717) is 0 Å². The SMILES string of the molecule is COc1cccc(CN2C[CH]CC2)c1. The Kier molecular flexibility index (Phi) is 3.04. The van der Waals surface area contributed by atoms with Crippen molar-refractivity contribution < 1.29 is 4.74 Å². The Morgan fingerprint density at radius 1 is 1.43 bits per heavy atom. The molecule has 0 spiro atoms. The van der Waals surface area contributed by atoms with Crippen molar-refractivity contribution in [2.75, 3.05) is 20.2 Å². The summed E-state index contributed by atoms with van der Waals surface area (Å²) in [7, 11) is 1.71. The molecule has 1 aromatic carbocycles. The molecule has 0 bridgehead atoms. The lowest BCUT2D eigenvalue weighted by atomic mass is 10.2. The van der Waals surface area contributed by atoms with Gasteiger partial charge in [0.2, 0.25) is 0 Å². The molecule has 0 atom stereocenters. The van der Waals surface area contributed by atoms with E-state index >= 15 is 0 Å². The first-order valence-electron chi connectivity index (χ1n) is 5.05. The Morgan fingerprint density at radius 3 is 3.07 bits per heavy atom. The van der Waals surface area contributed by atoms with Gasteiger partial charge in [-0.15, -0.1) is 0 Å². The van der Waals surface area contributed by atoms with Gasteiger partial charge in [0.15, 0.2) is 0 Å². The van der Waals surface area contributed by atoms with E-state index < -0.39 is 0 Å². The number of hydrogen-bond donors (Lipinski definition) is 0. The molecule has 2 rings (SSSR count). The molecule has 1 saturated heterocycles. The minimum atomic E-state index is 0.950. The first-order chi connectivity index (χ1) is 6.88. The van der Waals surface area contributed by atoms with Gasteiger partial charge in [-0.25, -0.2) is 0 Å². The minimum absolute atomic E-state index is 0.950. The van der Waals surface area contributed by atoms with E-state index in [0.717, 1.165) is 18.8 Å². The van der Waals surface area contributed by atoms with Gasteiger partial charge >= 0.3 is 0 Å². The number of methoxy groups -OCH3 is 1. The highest BCUT2D eigenvalue weighted by Gasteiger charge is 2.11. The number of hydrogen-bond acceptors (Lipinski definition) is 2. The van der Waals surface area contributed by atoms with Crippen LogP contribution >= 0.6 is 0 Å². The molecule has 0 aliphatic carbocycles. The largest absolute Gasteiger partial charge is 0.497 e. The Labute approximate surface area is 85.5 Å². The summed E-state index contributed by atoms with van der Waals surface area (Å²) < 4.78 is 5.19. The Morgan fingerprint density at radius 2 is 2.36 bits per heavy atom. The number of ether oxygens (including phenoxy) is 1. The van der Waals surface area contributed by atoms with Crippen LogP contribution in [-0.4, -0.2) is 25.1 Å². The predicted octanol–water partition coefficient (Wildman–Crippen LogP) is 2.11. The average molecular weight is 190 g/mol. The van der Waals surface area contributed by atoms with Crippen LogP contribution in [0.5, 0.6) is 5.75 Å². The smallest absolute Gasteiger partial charge is 0.119 e. The molecule has 1 heterocycles. The first-order valence-corrected chi connectivity index (χ1v) is 5.05. The van der Waals surface area contributed by atoms with Crippen LogP contribution in [0.25, 0.3) is 0 Å². The Bertz CT molecular complexity index is 292. The van der Waals surface area contributed by atoms with Gasteiger partial charge < -0.3 is 4.74 Å². The van der Waals surface area contributed by atoms with Crippen molar-refractivity contribution in [2.45, 2.75) is 13.0 Å². The highest BCUT2D eigenvalue weighted by atomic mass is 16.5. The van der Waals surface area contributed by atoms with Crippen molar-refractivity contribution in [3.63, 3.8) is 0 Å². The lowest BCUT2D eigenvalue weighted by Crippen LogP contribution is -2.18. The molecule has 14 heavy (non-hydrogen) atoms. The second kappa shape index (κ2) is 4.47. The van der Waals surface area contributed by atoms with Crippen molar-refractivity contribution >= 4 is 0 Å². The summed E-state index contributed by atoms with van der Waals surface area (Å²) in [5.74, 6) is 0.950. The molecule has 2 heteroatoms. The number of nitrogens with zero attached hydrogens (tertiary/aromatic N) is 1. The normalized spacial score (nSPS) is 17.2. The molecule has 1 fully saturated rings. The van der Waals surface area contributed by atoms with Crippen molar-refractivity contribution in [3.8, 4) is 5.75 Å². The summed E-state index contributed by atoms with van der Waals surface area (Å²) in [5, 5.41) is 0. The quantitative estimate of drug-likeness (QED) is 0.723. The van der Waals surface area contributed by atoms with Crippen LogP contribution in [0.4, 0.5) is 0 Å². The molecule has 1 radical (unpaired) electrons. The van der Waals surface area contributed by atoms with Crippen LogP contribution in [0.2, 0.25) is 0 Å². The maximum Gasteiger partial charge on any atom is 0.119 e. The summed E-state index contributed by atoms with van der Waals surface area (Å²) in [4.78, 5) is 2.44. The lowest BCUT2D eigenvalue weighted by Gasteiger charge is -2.14. The second-order valence-electron chi connectivity index (χ2n) is 3.66. The van der Waals surface area contributed by atoms with E-state index in [2.05, 4.69) is 23.5 Å². The molecular formula is C12H16NO. The Balaban J connectivity index is 2.00. The standard InChI is InChI=1S/C12H16NO/c1-14-12-6-4-5-11(9-12)10-13-7-2-3-8-13/h2,4-6,9H,3,7-8,10H2,1H3. The number of rotatable bonds is 3. The zero-order chi connectivity index (χ0) is 9.80. The van der Waals surface area contributed by atoms with Gasteiger partial charge in [-0.3, -0.25) is 4.90 Å². The van der Waals surface area contributed by atoms with Crippen LogP contribution in [0.15, 0.2) is 24.3 Å². The molecule has 75 valence electrons. The van der Waals surface area contributed by atoms with E-state index in [1.165, 1.54) is 18.5 Å². The van der Waals surface area contributed by atoms with Gasteiger partial charge in [-0.1, -0.05) is 12.1 Å². The maximum atomic E-state index is 5.19. The zero-order valence-corrected chi connectivity index (χ0v) is 8.57. The summed E-state index contributed by atoms with van der Waals surface area (Å²) in [6, 6.07) is 8.30. The Hall–Kier alpha value is -1.02. The summed E-state index contributed by atoms with van der Waals surface area (Å²) in [6.07, 6.45) is 3.56. The van der Waals surface area contributed by atoms with Crippen LogP contribution < -0.4 is 4.74 Å². The van der Waals surface area contributed by atoms with Gasteiger partial charge in [0, 0.05) is 13.1 Å². The first kappa shape index (κ1) is 9.53. The highest BCUT2D eigenvalue weighted by Crippen LogP contribution is 2.16. The van der Waals surface area contributed by atoms with E-state index in [-0.39, 0.29) is 0 Å². The molecule has 0 N–H and O–H groups in total. The van der Waals surface area contributed by atoms with Crippen LogP contribution in [0, 0.1) is 6.42 Å². The summed E-state index contributed by atoms with van der Waals surface area (Å²) in [5.41, 5.74) is 1.33. The molecule has 0 saturated carbocycles. The molecule has 1 aliphatic rings. The molecule has 1 aromatic rings. The van der Waals surface area contributed by atoms with E-state index in [1.54, 1.807) is 7.11 Å². The van der Waals surface area contributed by atoms with Gasteiger partial charge in [-0.05, 0) is 37.1 Å². The lowest BCUT2D eigenvalue weighted by molar-refractivity contribution is 0.335. The van der Waals surface area contributed by atoms with Crippen LogP contribution in [-0.2, 0) is 6.54 Å². The highest BCUT2D eigenvalue weighted by molar-refractivity contribution is 5.28. The molecule has 0 unspecified atom stereocenters. The van der Waals surface area contributed by atoms with E-state index in [4.69, 9.17) is 4.74 Å². The summed E-state index contributed by atoms with van der Waals surface area (Å²) in [6.45, 7) is 3.35. The molecule has 1 aliphatic heterocycles. The van der Waals surface area contributed by atoms with Gasteiger partial charge in [0.05, 0.1) is 7.11 Å². The summed E-state index contributed by atoms with van der Waals surface area (Å²) >= 11 is 0.